The maximum Gasteiger partial charge on any atom is 0.267 e. The topological polar surface area (TPSA) is 84.5 Å². The minimum atomic E-state index is -0.520. The van der Waals surface area contributed by atoms with Gasteiger partial charge in [-0.05, 0) is 61.8 Å². The monoisotopic (exact) mass is 443 g/mol. The van der Waals surface area contributed by atoms with Gasteiger partial charge in [0.1, 0.15) is 5.82 Å². The summed E-state index contributed by atoms with van der Waals surface area (Å²) >= 11 is 0. The average Bonchev–Trinajstić information content (AvgIpc) is 2.82. The summed E-state index contributed by atoms with van der Waals surface area (Å²) in [5.41, 5.74) is 3.40. The number of benzene rings is 1. The lowest BCUT2D eigenvalue weighted by atomic mass is 9.90. The lowest BCUT2D eigenvalue weighted by Gasteiger charge is -2.32. The average molecular weight is 444 g/mol. The zero-order chi connectivity index (χ0) is 22.5. The fraction of sp³-hybridized carbons (Fsp3) is 0.542. The van der Waals surface area contributed by atoms with Gasteiger partial charge in [-0.2, -0.15) is 5.10 Å². The first kappa shape index (κ1) is 22.6. The van der Waals surface area contributed by atoms with Gasteiger partial charge in [0.15, 0.2) is 0 Å². The first-order valence-electron chi connectivity index (χ1n) is 11.3. The molecule has 1 amide bonds. The lowest BCUT2D eigenvalue weighted by Crippen LogP contribution is -2.41. The molecular formula is C24H30FN3O4. The SMILES string of the molecule is COCCOC1CCN(C(=O)c2cc(Cc3n[nH]c(=O)c4c3CCCC4)ccc2F)CC1. The van der Waals surface area contributed by atoms with Crippen molar-refractivity contribution in [3.63, 3.8) is 0 Å². The Kier molecular flexibility index (Phi) is 7.32. The van der Waals surface area contributed by atoms with Crippen LogP contribution in [0, 0.1) is 5.82 Å². The van der Waals surface area contributed by atoms with Crippen LogP contribution in [-0.2, 0) is 28.7 Å². The molecule has 0 saturated carbocycles. The molecule has 1 aliphatic carbocycles. The predicted molar refractivity (Wildman–Crippen MR) is 117 cm³/mol. The summed E-state index contributed by atoms with van der Waals surface area (Å²) in [7, 11) is 1.63. The standard InChI is InChI=1S/C24H30FN3O4/c1-31-12-13-32-17-8-10-28(11-9-17)24(30)20-14-16(6-7-21(20)25)15-22-18-4-2-3-5-19(18)23(29)27-26-22/h6-7,14,17H,2-5,8-13,15H2,1H3,(H,27,29). The molecule has 0 atom stereocenters. The highest BCUT2D eigenvalue weighted by Gasteiger charge is 2.26. The van der Waals surface area contributed by atoms with Gasteiger partial charge in [0.05, 0.1) is 30.6 Å². The maximum atomic E-state index is 14.6. The summed E-state index contributed by atoms with van der Waals surface area (Å²) in [6, 6.07) is 4.66. The van der Waals surface area contributed by atoms with Crippen LogP contribution in [0.4, 0.5) is 4.39 Å². The van der Waals surface area contributed by atoms with E-state index in [4.69, 9.17) is 9.47 Å². The minimum Gasteiger partial charge on any atom is -0.382 e. The van der Waals surface area contributed by atoms with Gasteiger partial charge in [0.25, 0.3) is 11.5 Å². The largest absolute Gasteiger partial charge is 0.382 e. The number of piperidine rings is 1. The number of nitrogens with one attached hydrogen (secondary N) is 1. The third-order valence-corrected chi connectivity index (χ3v) is 6.39. The van der Waals surface area contributed by atoms with Crippen molar-refractivity contribution in [2.24, 2.45) is 0 Å². The summed E-state index contributed by atoms with van der Waals surface area (Å²) in [5.74, 6) is -0.815. The van der Waals surface area contributed by atoms with E-state index in [0.29, 0.717) is 32.7 Å². The lowest BCUT2D eigenvalue weighted by molar-refractivity contribution is -0.0123. The Balaban J connectivity index is 1.46. The maximum absolute atomic E-state index is 14.6. The van der Waals surface area contributed by atoms with E-state index >= 15 is 0 Å². The molecule has 2 heterocycles. The molecule has 1 aromatic heterocycles. The number of aromatic amines is 1. The molecule has 1 aromatic carbocycles. The van der Waals surface area contributed by atoms with E-state index in [2.05, 4.69) is 10.2 Å². The molecule has 0 bridgehead atoms. The van der Waals surface area contributed by atoms with Crippen molar-refractivity contribution in [2.75, 3.05) is 33.4 Å². The van der Waals surface area contributed by atoms with Gasteiger partial charge in [-0.15, -0.1) is 0 Å². The molecule has 32 heavy (non-hydrogen) atoms. The van der Waals surface area contributed by atoms with Crippen LogP contribution in [0.25, 0.3) is 0 Å². The molecule has 0 spiro atoms. The Morgan fingerprint density at radius 1 is 1.19 bits per heavy atom. The van der Waals surface area contributed by atoms with Crippen molar-refractivity contribution in [2.45, 2.75) is 51.0 Å². The normalized spacial score (nSPS) is 16.8. The fourth-order valence-corrected chi connectivity index (χ4v) is 4.61. The molecule has 2 aromatic rings. The number of halogens is 1. The van der Waals surface area contributed by atoms with Gasteiger partial charge in [-0.3, -0.25) is 9.59 Å². The zero-order valence-corrected chi connectivity index (χ0v) is 18.5. The highest BCUT2D eigenvalue weighted by atomic mass is 19.1. The number of amides is 1. The van der Waals surface area contributed by atoms with Gasteiger partial charge in [0.2, 0.25) is 0 Å². The van der Waals surface area contributed by atoms with Gasteiger partial charge in [-0.1, -0.05) is 6.07 Å². The molecule has 2 aliphatic rings. The number of nitrogens with zero attached hydrogens (tertiary/aromatic N) is 2. The van der Waals surface area contributed by atoms with Gasteiger partial charge in [-0.25, -0.2) is 9.49 Å². The first-order valence-corrected chi connectivity index (χ1v) is 11.3. The van der Waals surface area contributed by atoms with E-state index in [1.165, 1.54) is 6.07 Å². The molecule has 4 rings (SSSR count). The summed E-state index contributed by atoms with van der Waals surface area (Å²) in [6.45, 7) is 2.16. The van der Waals surface area contributed by atoms with E-state index < -0.39 is 5.82 Å². The second kappa shape index (κ2) is 10.4. The Morgan fingerprint density at radius 2 is 1.94 bits per heavy atom. The van der Waals surface area contributed by atoms with Crippen molar-refractivity contribution >= 4 is 5.91 Å². The summed E-state index contributed by atoms with van der Waals surface area (Å²) < 4.78 is 25.3. The Labute approximate surface area is 186 Å². The predicted octanol–water partition coefficient (Wildman–Crippen LogP) is 2.65. The van der Waals surface area contributed by atoms with Crippen LogP contribution in [0.3, 0.4) is 0 Å². The van der Waals surface area contributed by atoms with Crippen molar-refractivity contribution in [1.29, 1.82) is 0 Å². The van der Waals surface area contributed by atoms with Crippen LogP contribution >= 0.6 is 0 Å². The summed E-state index contributed by atoms with van der Waals surface area (Å²) in [6.07, 6.45) is 5.63. The second-order valence-corrected chi connectivity index (χ2v) is 8.51. The molecule has 1 N–H and O–H groups in total. The number of aromatic nitrogens is 2. The molecule has 1 fully saturated rings. The van der Waals surface area contributed by atoms with Gasteiger partial charge in [0, 0.05) is 32.2 Å². The number of fused-ring (bicyclic) bond motifs is 1. The molecule has 0 unspecified atom stereocenters. The smallest absolute Gasteiger partial charge is 0.267 e. The van der Waals surface area contributed by atoms with Crippen LogP contribution in [0.15, 0.2) is 23.0 Å². The van der Waals surface area contributed by atoms with Gasteiger partial charge < -0.3 is 14.4 Å². The summed E-state index contributed by atoms with van der Waals surface area (Å²) in [4.78, 5) is 26.8. The third kappa shape index (κ3) is 5.07. The van der Waals surface area contributed by atoms with Crippen LogP contribution in [0.1, 0.15) is 58.4 Å². The molecule has 1 aliphatic heterocycles. The Hall–Kier alpha value is -2.58. The second-order valence-electron chi connectivity index (χ2n) is 8.51. The third-order valence-electron chi connectivity index (χ3n) is 6.39. The number of hydrogen-bond donors (Lipinski definition) is 1. The quantitative estimate of drug-likeness (QED) is 0.665. The number of H-pyrrole nitrogens is 1. The number of rotatable bonds is 7. The number of carbonyl (C=O) groups excluding carboxylic acids is 1. The van der Waals surface area contributed by atoms with Crippen molar-refractivity contribution in [1.82, 2.24) is 15.1 Å². The van der Waals surface area contributed by atoms with Crippen molar-refractivity contribution < 1.29 is 18.7 Å². The van der Waals surface area contributed by atoms with E-state index in [0.717, 1.165) is 60.9 Å². The number of hydrogen-bond acceptors (Lipinski definition) is 5. The van der Waals surface area contributed by atoms with E-state index in [9.17, 15) is 14.0 Å². The number of methoxy groups -OCH3 is 1. The molecule has 1 saturated heterocycles. The van der Waals surface area contributed by atoms with E-state index in [1.54, 1.807) is 24.1 Å². The van der Waals surface area contributed by atoms with Crippen molar-refractivity contribution in [3.8, 4) is 0 Å². The van der Waals surface area contributed by atoms with Crippen LogP contribution in [0.5, 0.6) is 0 Å². The first-order chi connectivity index (χ1) is 15.6. The minimum absolute atomic E-state index is 0.0829. The molecule has 172 valence electrons. The fourth-order valence-electron chi connectivity index (χ4n) is 4.61. The molecule has 7 nitrogen and oxygen atoms in total. The molecular weight excluding hydrogens is 413 g/mol. The van der Waals surface area contributed by atoms with Crippen molar-refractivity contribution in [3.05, 3.63) is 62.3 Å². The number of carbonyl (C=O) groups is 1. The summed E-state index contributed by atoms with van der Waals surface area (Å²) in [5, 5.41) is 6.86. The van der Waals surface area contributed by atoms with Crippen LogP contribution in [0.2, 0.25) is 0 Å². The van der Waals surface area contributed by atoms with Crippen LogP contribution < -0.4 is 5.56 Å². The highest BCUT2D eigenvalue weighted by molar-refractivity contribution is 5.94. The Morgan fingerprint density at radius 3 is 2.69 bits per heavy atom. The molecule has 8 heteroatoms. The Bertz CT molecular complexity index is 1010. The van der Waals surface area contributed by atoms with E-state index in [1.807, 2.05) is 0 Å². The van der Waals surface area contributed by atoms with E-state index in [-0.39, 0.29) is 23.1 Å². The molecule has 0 radical (unpaired) electrons. The number of likely N-dealkylation sites (tertiary alicyclic amines) is 1. The zero-order valence-electron chi connectivity index (χ0n) is 18.5. The number of ether oxygens (including phenoxy) is 2. The van der Waals surface area contributed by atoms with Crippen LogP contribution in [-0.4, -0.2) is 60.5 Å². The van der Waals surface area contributed by atoms with Gasteiger partial charge >= 0.3 is 0 Å². The highest BCUT2D eigenvalue weighted by Crippen LogP contribution is 2.24.